The number of para-hydroxylation sites is 5. The maximum Gasteiger partial charge on any atom is 0.0727 e. The van der Waals surface area contributed by atoms with Crippen molar-refractivity contribution in [1.29, 1.82) is 0 Å². The molecule has 1 unspecified atom stereocenters. The molecule has 3 heteroatoms. The lowest BCUT2D eigenvalue weighted by Crippen LogP contribution is -2.26. The minimum Gasteiger partial charge on any atom is -0.310 e. The van der Waals surface area contributed by atoms with Crippen LogP contribution < -0.4 is 9.80 Å². The molecular formula is C65H43N3. The number of anilines is 6. The normalized spacial score (nSPS) is 14.2. The predicted octanol–water partition coefficient (Wildman–Crippen LogP) is 17.2. The lowest BCUT2D eigenvalue weighted by atomic mass is 9.70. The van der Waals surface area contributed by atoms with E-state index in [2.05, 4.69) is 275 Å². The molecule has 0 radical (unpaired) electrons. The Morgan fingerprint density at radius 1 is 0.279 bits per heavy atom. The summed E-state index contributed by atoms with van der Waals surface area (Å²) in [6.07, 6.45) is 0. The first-order chi connectivity index (χ1) is 33.8. The molecular weight excluding hydrogens is 823 g/mol. The number of fused-ring (bicyclic) bond motifs is 15. The van der Waals surface area contributed by atoms with Gasteiger partial charge in [0, 0.05) is 50.3 Å². The zero-order valence-corrected chi connectivity index (χ0v) is 37.2. The van der Waals surface area contributed by atoms with Crippen LogP contribution in [0.3, 0.4) is 0 Å². The van der Waals surface area contributed by atoms with E-state index in [9.17, 15) is 0 Å². The first-order valence-electron chi connectivity index (χ1n) is 23.5. The van der Waals surface area contributed by atoms with Crippen LogP contribution in [-0.4, -0.2) is 4.57 Å². The topological polar surface area (TPSA) is 11.4 Å². The number of aromatic nitrogens is 1. The van der Waals surface area contributed by atoms with Gasteiger partial charge in [-0.3, -0.25) is 0 Å². The molecule has 1 aromatic heterocycles. The van der Waals surface area contributed by atoms with Crippen LogP contribution in [0.15, 0.2) is 261 Å². The minimum absolute atomic E-state index is 0.610. The van der Waals surface area contributed by atoms with E-state index in [1.165, 1.54) is 77.1 Å². The van der Waals surface area contributed by atoms with Gasteiger partial charge >= 0.3 is 0 Å². The summed E-state index contributed by atoms with van der Waals surface area (Å²) in [5, 5.41) is 4.88. The zero-order chi connectivity index (χ0) is 44.8. The highest BCUT2D eigenvalue weighted by Crippen LogP contribution is 2.65. The van der Waals surface area contributed by atoms with Gasteiger partial charge in [0.15, 0.2) is 0 Å². The van der Waals surface area contributed by atoms with Gasteiger partial charge in [-0.05, 0) is 141 Å². The van der Waals surface area contributed by atoms with Gasteiger partial charge in [-0.15, -0.1) is 0 Å². The highest BCUT2D eigenvalue weighted by atomic mass is 15.2. The monoisotopic (exact) mass is 865 g/mol. The summed E-state index contributed by atoms with van der Waals surface area (Å²) >= 11 is 0. The number of benzene rings is 11. The van der Waals surface area contributed by atoms with E-state index in [0.29, 0.717) is 0 Å². The van der Waals surface area contributed by atoms with Gasteiger partial charge in [0.05, 0.1) is 22.1 Å². The van der Waals surface area contributed by atoms with Crippen molar-refractivity contribution in [2.75, 3.05) is 9.80 Å². The third-order valence-electron chi connectivity index (χ3n) is 14.5. The molecule has 11 aromatic carbocycles. The molecule has 0 N–H and O–H groups in total. The van der Waals surface area contributed by atoms with Gasteiger partial charge in [-0.2, -0.15) is 0 Å². The van der Waals surface area contributed by atoms with Gasteiger partial charge in [0.1, 0.15) is 0 Å². The number of rotatable bonds is 7. The van der Waals surface area contributed by atoms with Gasteiger partial charge in [-0.25, -0.2) is 0 Å². The first-order valence-corrected chi connectivity index (χ1v) is 23.5. The van der Waals surface area contributed by atoms with Crippen LogP contribution >= 0.6 is 0 Å². The van der Waals surface area contributed by atoms with E-state index in [0.717, 1.165) is 39.8 Å². The predicted molar refractivity (Wildman–Crippen MR) is 284 cm³/mol. The summed E-state index contributed by atoms with van der Waals surface area (Å²) in [5.74, 6) is 0. The van der Waals surface area contributed by atoms with Crippen LogP contribution in [0.1, 0.15) is 22.3 Å². The lowest BCUT2D eigenvalue weighted by Gasteiger charge is -2.34. The van der Waals surface area contributed by atoms with Crippen molar-refractivity contribution in [1.82, 2.24) is 4.57 Å². The molecule has 0 amide bonds. The van der Waals surface area contributed by atoms with E-state index in [1.807, 2.05) is 0 Å². The molecule has 14 rings (SSSR count). The highest BCUT2D eigenvalue weighted by molar-refractivity contribution is 6.14. The SMILES string of the molecule is c1ccc(N(c2ccccc2)c2ccc3c(c2)C2(c4ccccc4-3)c3ccccc3-c3c2cc(N(c2ccccc2)c2ccc4c(c2)c2ccccc2n4-c2ccccc2)c2ccccc32)cc1. The fourth-order valence-corrected chi connectivity index (χ4v) is 11.8. The Morgan fingerprint density at radius 2 is 0.765 bits per heavy atom. The molecule has 318 valence electrons. The number of hydrogen-bond donors (Lipinski definition) is 0. The Bertz CT molecular complexity index is 3870. The van der Waals surface area contributed by atoms with E-state index in [-0.39, 0.29) is 0 Å². The van der Waals surface area contributed by atoms with Crippen molar-refractivity contribution in [2.45, 2.75) is 5.41 Å². The molecule has 12 aromatic rings. The largest absolute Gasteiger partial charge is 0.310 e. The zero-order valence-electron chi connectivity index (χ0n) is 37.2. The van der Waals surface area contributed by atoms with Crippen molar-refractivity contribution in [2.24, 2.45) is 0 Å². The molecule has 1 heterocycles. The fourth-order valence-electron chi connectivity index (χ4n) is 11.8. The van der Waals surface area contributed by atoms with E-state index in [1.54, 1.807) is 0 Å². The van der Waals surface area contributed by atoms with Crippen molar-refractivity contribution in [3.05, 3.63) is 283 Å². The average molecular weight is 866 g/mol. The molecule has 2 aliphatic rings. The molecule has 0 bridgehead atoms. The molecule has 3 nitrogen and oxygen atoms in total. The molecule has 0 saturated carbocycles. The van der Waals surface area contributed by atoms with Crippen LogP contribution in [0.25, 0.3) is 60.5 Å². The van der Waals surface area contributed by atoms with Crippen molar-refractivity contribution < 1.29 is 0 Å². The Hall–Kier alpha value is -8.92. The lowest BCUT2D eigenvalue weighted by molar-refractivity contribution is 0.794. The summed E-state index contributed by atoms with van der Waals surface area (Å²) in [6, 6.07) is 96.1. The summed E-state index contributed by atoms with van der Waals surface area (Å²) in [4.78, 5) is 4.89. The first kappa shape index (κ1) is 38.4. The second-order valence-corrected chi connectivity index (χ2v) is 18.0. The van der Waals surface area contributed by atoms with Gasteiger partial charge in [0.25, 0.3) is 0 Å². The molecule has 0 saturated heterocycles. The van der Waals surface area contributed by atoms with Gasteiger partial charge in [0.2, 0.25) is 0 Å². The molecule has 0 fully saturated rings. The third-order valence-corrected chi connectivity index (χ3v) is 14.5. The standard InChI is InChI=1S/C65H43N3/c1-5-21-44(22-6-1)66(45-23-7-2-8-24-45)49-37-39-51-50-29-15-18-34-57(50)65(59(51)42-49)58-35-19-16-33-55(58)64-54-32-14-13-30-52(54)63(43-60(64)65)67(46-25-9-3-10-26-46)48-38-40-62-56(41-48)53-31-17-20-36-61(53)68(62)47-27-11-4-12-28-47/h1-43H. The maximum atomic E-state index is 2.55. The van der Waals surface area contributed by atoms with E-state index < -0.39 is 5.41 Å². The molecule has 1 atom stereocenters. The van der Waals surface area contributed by atoms with Crippen LogP contribution in [0.4, 0.5) is 34.1 Å². The second kappa shape index (κ2) is 15.1. The van der Waals surface area contributed by atoms with Crippen molar-refractivity contribution in [3.63, 3.8) is 0 Å². The highest BCUT2D eigenvalue weighted by Gasteiger charge is 2.52. The van der Waals surface area contributed by atoms with Gasteiger partial charge < -0.3 is 14.4 Å². The van der Waals surface area contributed by atoms with Crippen LogP contribution in [-0.2, 0) is 5.41 Å². The Kier molecular flexibility index (Phi) is 8.50. The Balaban J connectivity index is 1.07. The number of nitrogens with zero attached hydrogens (tertiary/aromatic N) is 3. The maximum absolute atomic E-state index is 2.55. The van der Waals surface area contributed by atoms with Gasteiger partial charge in [-0.1, -0.05) is 170 Å². The Morgan fingerprint density at radius 3 is 1.46 bits per heavy atom. The quantitative estimate of drug-likeness (QED) is 0.158. The van der Waals surface area contributed by atoms with Crippen LogP contribution in [0.2, 0.25) is 0 Å². The van der Waals surface area contributed by atoms with Crippen molar-refractivity contribution in [3.8, 4) is 27.9 Å². The van der Waals surface area contributed by atoms with Crippen LogP contribution in [0, 0.1) is 0 Å². The summed E-state index contributed by atoms with van der Waals surface area (Å²) in [5.41, 5.74) is 19.9. The third kappa shape index (κ3) is 5.47. The minimum atomic E-state index is -0.610. The van der Waals surface area contributed by atoms with Crippen LogP contribution in [0.5, 0.6) is 0 Å². The summed E-state index contributed by atoms with van der Waals surface area (Å²) < 4.78 is 2.40. The molecule has 68 heavy (non-hydrogen) atoms. The Labute approximate surface area is 395 Å². The fraction of sp³-hybridized carbons (Fsp3) is 0.0154. The number of hydrogen-bond acceptors (Lipinski definition) is 2. The van der Waals surface area contributed by atoms with E-state index in [4.69, 9.17) is 0 Å². The molecule has 2 aliphatic carbocycles. The smallest absolute Gasteiger partial charge is 0.0727 e. The van der Waals surface area contributed by atoms with Crippen molar-refractivity contribution >= 4 is 66.7 Å². The molecule has 1 spiro atoms. The summed E-state index contributed by atoms with van der Waals surface area (Å²) in [6.45, 7) is 0. The van der Waals surface area contributed by atoms with E-state index >= 15 is 0 Å². The average Bonchev–Trinajstić information content (AvgIpc) is 4.01. The second-order valence-electron chi connectivity index (χ2n) is 18.0. The molecule has 0 aliphatic heterocycles. The summed E-state index contributed by atoms with van der Waals surface area (Å²) in [7, 11) is 0.